The van der Waals surface area contributed by atoms with Gasteiger partial charge in [-0.2, -0.15) is 0 Å². The van der Waals surface area contributed by atoms with E-state index < -0.39 is 24.3 Å². The molecule has 1 heterocycles. The molecule has 0 aromatic carbocycles. The molecular weight excluding hydrogens is 150 g/mol. The van der Waals surface area contributed by atoms with Crippen LogP contribution in [0.2, 0.25) is 0 Å². The number of aliphatic hydroxyl groups is 4. The molecule has 1 radical (unpaired) electrons. The lowest BCUT2D eigenvalue weighted by atomic mass is 10.1. The lowest BCUT2D eigenvalue weighted by Crippen LogP contribution is -2.34. The Morgan fingerprint density at radius 1 is 0.909 bits per heavy atom. The number of hydrogen-bond donors (Lipinski definition) is 4. The first-order valence-corrected chi connectivity index (χ1v) is 3.48. The molecule has 5 nitrogen and oxygen atoms in total. The monoisotopic (exact) mass is 162 g/mol. The first-order chi connectivity index (χ1) is 5.20. The molecule has 0 bridgehead atoms. The van der Waals surface area contributed by atoms with E-state index >= 15 is 0 Å². The minimum atomic E-state index is -1.04. The zero-order valence-electron chi connectivity index (χ0n) is 5.96. The summed E-state index contributed by atoms with van der Waals surface area (Å²) < 4.78 is 0. The fourth-order valence-corrected chi connectivity index (χ4v) is 1.19. The number of nitrogens with zero attached hydrogens (tertiary/aromatic N) is 1. The second kappa shape index (κ2) is 3.46. The van der Waals surface area contributed by atoms with Gasteiger partial charge in [0.2, 0.25) is 0 Å². The zero-order chi connectivity index (χ0) is 8.43. The van der Waals surface area contributed by atoms with Gasteiger partial charge in [-0.25, -0.2) is 5.32 Å². The average molecular weight is 162 g/mol. The molecule has 65 valence electrons. The maximum atomic E-state index is 9.14. The summed E-state index contributed by atoms with van der Waals surface area (Å²) in [5.41, 5.74) is 0. The molecule has 1 fully saturated rings. The summed E-state index contributed by atoms with van der Waals surface area (Å²) in [5, 5.41) is 39.3. The van der Waals surface area contributed by atoms with E-state index in [1.165, 1.54) is 0 Å². The maximum Gasteiger partial charge on any atom is 0.101 e. The van der Waals surface area contributed by atoms with Gasteiger partial charge in [0, 0.05) is 0 Å². The highest BCUT2D eigenvalue weighted by molar-refractivity contribution is 4.96. The third kappa shape index (κ3) is 1.52. The van der Waals surface area contributed by atoms with Crippen molar-refractivity contribution in [3.8, 4) is 0 Å². The summed E-state index contributed by atoms with van der Waals surface area (Å²) in [6, 6.07) is -1.30. The topological polar surface area (TPSA) is 95.0 Å². The van der Waals surface area contributed by atoms with Crippen molar-refractivity contribution in [2.45, 2.75) is 24.3 Å². The molecule has 0 aromatic heterocycles. The predicted molar refractivity (Wildman–Crippen MR) is 35.9 cm³/mol. The van der Waals surface area contributed by atoms with E-state index in [1.54, 1.807) is 0 Å². The molecule has 0 amide bonds. The van der Waals surface area contributed by atoms with E-state index in [-0.39, 0.29) is 13.2 Å². The molecule has 1 aliphatic rings. The van der Waals surface area contributed by atoms with E-state index in [4.69, 9.17) is 20.4 Å². The summed E-state index contributed by atoms with van der Waals surface area (Å²) >= 11 is 0. The molecule has 5 heteroatoms. The van der Waals surface area contributed by atoms with Crippen molar-refractivity contribution in [1.82, 2.24) is 5.32 Å². The van der Waals surface area contributed by atoms with Crippen LogP contribution in [0.1, 0.15) is 0 Å². The smallest absolute Gasteiger partial charge is 0.101 e. The Kier molecular flexibility index (Phi) is 2.80. The van der Waals surface area contributed by atoms with Crippen LogP contribution < -0.4 is 5.32 Å². The molecule has 4 unspecified atom stereocenters. The van der Waals surface area contributed by atoms with E-state index in [1.807, 2.05) is 0 Å². The van der Waals surface area contributed by atoms with Crippen LogP contribution in [0.15, 0.2) is 0 Å². The lowest BCUT2D eigenvalue weighted by molar-refractivity contribution is 0.0130. The van der Waals surface area contributed by atoms with Gasteiger partial charge >= 0.3 is 0 Å². The highest BCUT2D eigenvalue weighted by Crippen LogP contribution is 2.15. The largest absolute Gasteiger partial charge is 0.395 e. The average Bonchev–Trinajstić information content (AvgIpc) is 2.30. The summed E-state index contributed by atoms with van der Waals surface area (Å²) in [5.74, 6) is 0. The summed E-state index contributed by atoms with van der Waals surface area (Å²) in [4.78, 5) is 0. The van der Waals surface area contributed by atoms with Crippen molar-refractivity contribution in [2.24, 2.45) is 0 Å². The third-order valence-corrected chi connectivity index (χ3v) is 1.90. The molecule has 0 saturated carbocycles. The first-order valence-electron chi connectivity index (χ1n) is 3.48. The van der Waals surface area contributed by atoms with Gasteiger partial charge in [-0.15, -0.1) is 0 Å². The molecule has 1 rings (SSSR count). The van der Waals surface area contributed by atoms with Crippen LogP contribution in [-0.4, -0.2) is 57.9 Å². The van der Waals surface area contributed by atoms with Crippen molar-refractivity contribution in [2.75, 3.05) is 13.2 Å². The Morgan fingerprint density at radius 2 is 1.27 bits per heavy atom. The van der Waals surface area contributed by atoms with Gasteiger partial charge in [0.15, 0.2) is 0 Å². The van der Waals surface area contributed by atoms with Crippen LogP contribution in [0, 0.1) is 0 Å². The van der Waals surface area contributed by atoms with Crippen molar-refractivity contribution >= 4 is 0 Å². The van der Waals surface area contributed by atoms with Crippen LogP contribution in [0.4, 0.5) is 0 Å². The second-order valence-corrected chi connectivity index (χ2v) is 2.63. The normalized spacial score (nSPS) is 44.7. The van der Waals surface area contributed by atoms with Crippen LogP contribution in [0.3, 0.4) is 0 Å². The van der Waals surface area contributed by atoms with Gasteiger partial charge in [-0.05, 0) is 0 Å². The molecule has 1 aliphatic heterocycles. The number of rotatable bonds is 2. The fourth-order valence-electron chi connectivity index (χ4n) is 1.19. The fraction of sp³-hybridized carbons (Fsp3) is 1.00. The Morgan fingerprint density at radius 3 is 1.45 bits per heavy atom. The second-order valence-electron chi connectivity index (χ2n) is 2.63. The van der Waals surface area contributed by atoms with E-state index in [9.17, 15) is 0 Å². The molecule has 0 spiro atoms. The SMILES string of the molecule is OCC1[N]C(CO)C(O)C1O. The van der Waals surface area contributed by atoms with Crippen LogP contribution in [0.25, 0.3) is 0 Å². The highest BCUT2D eigenvalue weighted by atomic mass is 16.3. The highest BCUT2D eigenvalue weighted by Gasteiger charge is 2.41. The standard InChI is InChI=1S/C6H12NO4/c8-1-3-5(10)6(11)4(2-9)7-3/h3-6,8-11H,1-2H2. The molecule has 1 saturated heterocycles. The molecule has 11 heavy (non-hydrogen) atoms. The van der Waals surface area contributed by atoms with Gasteiger partial charge in [0.1, 0.15) is 12.2 Å². The molecule has 4 atom stereocenters. The Bertz CT molecular complexity index is 114. The predicted octanol–water partition coefficient (Wildman–Crippen LogP) is -2.95. The summed E-state index contributed by atoms with van der Waals surface area (Å²) in [7, 11) is 0. The Balaban J connectivity index is 2.53. The maximum absolute atomic E-state index is 9.14. The summed E-state index contributed by atoms with van der Waals surface area (Å²) in [6.07, 6.45) is -2.09. The van der Waals surface area contributed by atoms with E-state index in [2.05, 4.69) is 5.32 Å². The first kappa shape index (κ1) is 8.89. The molecular formula is C6H12NO4. The van der Waals surface area contributed by atoms with Crippen molar-refractivity contribution < 1.29 is 20.4 Å². The van der Waals surface area contributed by atoms with Gasteiger partial charge in [-0.1, -0.05) is 0 Å². The van der Waals surface area contributed by atoms with E-state index in [0.717, 1.165) is 0 Å². The minimum Gasteiger partial charge on any atom is -0.395 e. The van der Waals surface area contributed by atoms with Crippen LogP contribution in [0.5, 0.6) is 0 Å². The summed E-state index contributed by atoms with van der Waals surface area (Å²) in [6.45, 7) is -0.594. The third-order valence-electron chi connectivity index (χ3n) is 1.90. The quantitative estimate of drug-likeness (QED) is 0.349. The van der Waals surface area contributed by atoms with E-state index in [0.29, 0.717) is 0 Å². The van der Waals surface area contributed by atoms with Gasteiger partial charge in [-0.3, -0.25) is 0 Å². The Hall–Kier alpha value is -0.200. The molecule has 0 aromatic rings. The molecule has 0 aliphatic carbocycles. The van der Waals surface area contributed by atoms with Crippen LogP contribution >= 0.6 is 0 Å². The molecule has 4 N–H and O–H groups in total. The van der Waals surface area contributed by atoms with Gasteiger partial charge in [0.05, 0.1) is 25.3 Å². The Labute approximate surface area is 64.3 Å². The van der Waals surface area contributed by atoms with Gasteiger partial charge in [0.25, 0.3) is 0 Å². The number of hydrogen-bond acceptors (Lipinski definition) is 4. The van der Waals surface area contributed by atoms with Crippen LogP contribution in [-0.2, 0) is 0 Å². The number of aliphatic hydroxyl groups excluding tert-OH is 4. The zero-order valence-corrected chi connectivity index (χ0v) is 5.96. The lowest BCUT2D eigenvalue weighted by Gasteiger charge is -2.12. The van der Waals surface area contributed by atoms with Gasteiger partial charge < -0.3 is 20.4 Å². The minimum absolute atomic E-state index is 0.297. The van der Waals surface area contributed by atoms with Crippen molar-refractivity contribution in [3.05, 3.63) is 0 Å². The van der Waals surface area contributed by atoms with Crippen molar-refractivity contribution in [1.29, 1.82) is 0 Å². The van der Waals surface area contributed by atoms with Crippen molar-refractivity contribution in [3.63, 3.8) is 0 Å².